The molecule has 1 aliphatic heterocycles. The van der Waals surface area contributed by atoms with Crippen LogP contribution in [0.4, 0.5) is 10.1 Å². The highest BCUT2D eigenvalue weighted by molar-refractivity contribution is 6.33. The van der Waals surface area contributed by atoms with E-state index in [4.69, 9.17) is 31.8 Å². The number of nitrogens with zero attached hydrogens (tertiary/aromatic N) is 2. The van der Waals surface area contributed by atoms with Crippen molar-refractivity contribution < 1.29 is 18.7 Å². The molecule has 2 aliphatic rings. The molecule has 2 atom stereocenters. The lowest BCUT2D eigenvalue weighted by Crippen LogP contribution is -2.30. The summed E-state index contributed by atoms with van der Waals surface area (Å²) in [4.78, 5) is 22.7. The molecular formula is C32H39ClFN5O3. The Morgan fingerprint density at radius 1 is 1.29 bits per heavy atom. The maximum absolute atomic E-state index is 13.8. The Kier molecular flexibility index (Phi) is 10.4. The van der Waals surface area contributed by atoms with Gasteiger partial charge in [0.2, 0.25) is 0 Å². The Morgan fingerprint density at radius 3 is 2.71 bits per heavy atom. The number of rotatable bonds is 10. The molecule has 5 rings (SSSR count). The third-order valence-corrected chi connectivity index (χ3v) is 7.82. The molecule has 1 fully saturated rings. The summed E-state index contributed by atoms with van der Waals surface area (Å²) < 4.78 is 25.2. The highest BCUT2D eigenvalue weighted by atomic mass is 35.5. The van der Waals surface area contributed by atoms with E-state index in [0.29, 0.717) is 65.2 Å². The molecule has 8 nitrogen and oxygen atoms in total. The summed E-state index contributed by atoms with van der Waals surface area (Å²) in [7, 11) is 3.03. The summed E-state index contributed by atoms with van der Waals surface area (Å²) in [5.74, 6) is 1.06. The molecule has 0 spiro atoms. The predicted octanol–water partition coefficient (Wildman–Crippen LogP) is 5.96. The quantitative estimate of drug-likeness (QED) is 0.196. The van der Waals surface area contributed by atoms with E-state index >= 15 is 0 Å². The summed E-state index contributed by atoms with van der Waals surface area (Å²) in [5, 5.41) is 3.39. The van der Waals surface area contributed by atoms with Gasteiger partial charge < -0.3 is 26.3 Å². The first kappa shape index (κ1) is 31.3. The van der Waals surface area contributed by atoms with Gasteiger partial charge in [-0.15, -0.1) is 0 Å². The van der Waals surface area contributed by atoms with Gasteiger partial charge in [-0.25, -0.2) is 9.37 Å². The molecule has 2 unspecified atom stereocenters. The Bertz CT molecular complexity index is 1460. The van der Waals surface area contributed by atoms with Crippen LogP contribution in [0.5, 0.6) is 11.5 Å². The van der Waals surface area contributed by atoms with Gasteiger partial charge in [0, 0.05) is 59.1 Å². The number of benzene rings is 2. The number of nitrogens with two attached hydrogens (primary N) is 2. The fraction of sp³-hybridized carbons (Fsp3) is 0.406. The number of anilines is 1. The number of aliphatic imine (C=N–C) groups is 1. The van der Waals surface area contributed by atoms with E-state index in [1.54, 1.807) is 24.4 Å². The molecule has 3 aromatic rings. The van der Waals surface area contributed by atoms with Crippen LogP contribution in [0, 0.1) is 11.7 Å². The first-order valence-corrected chi connectivity index (χ1v) is 14.6. The molecule has 0 bridgehead atoms. The van der Waals surface area contributed by atoms with Crippen LogP contribution < -0.4 is 26.3 Å². The molecule has 10 heteroatoms. The normalized spacial score (nSPS) is 16.3. The monoisotopic (exact) mass is 595 g/mol. The highest BCUT2D eigenvalue weighted by Crippen LogP contribution is 2.47. The zero-order valence-corrected chi connectivity index (χ0v) is 25.3. The van der Waals surface area contributed by atoms with Crippen molar-refractivity contribution in [2.75, 3.05) is 39.6 Å². The maximum atomic E-state index is 13.8. The van der Waals surface area contributed by atoms with Crippen molar-refractivity contribution in [2.24, 2.45) is 16.6 Å². The van der Waals surface area contributed by atoms with Crippen LogP contribution in [-0.2, 0) is 0 Å². The van der Waals surface area contributed by atoms with Crippen molar-refractivity contribution >= 4 is 29.4 Å². The molecule has 1 aromatic heterocycles. The first-order chi connectivity index (χ1) is 20.3. The van der Waals surface area contributed by atoms with Crippen molar-refractivity contribution in [1.82, 2.24) is 10.3 Å². The second-order valence-corrected chi connectivity index (χ2v) is 10.9. The van der Waals surface area contributed by atoms with Crippen molar-refractivity contribution in [1.29, 1.82) is 0 Å². The van der Waals surface area contributed by atoms with Crippen LogP contribution in [-0.4, -0.2) is 51.0 Å². The summed E-state index contributed by atoms with van der Waals surface area (Å²) in [5.41, 5.74) is 15.4. The number of nitrogens with one attached hydrogen (secondary N) is 1. The minimum Gasteiger partial charge on any atom is -0.495 e. The van der Waals surface area contributed by atoms with E-state index in [-0.39, 0.29) is 22.8 Å². The molecule has 5 N–H and O–H groups in total. The van der Waals surface area contributed by atoms with Crippen molar-refractivity contribution in [3.63, 3.8) is 0 Å². The van der Waals surface area contributed by atoms with Gasteiger partial charge in [0.1, 0.15) is 23.0 Å². The smallest absolute Gasteiger partial charge is 0.251 e. The summed E-state index contributed by atoms with van der Waals surface area (Å²) in [6.45, 7) is 5.77. The van der Waals surface area contributed by atoms with Gasteiger partial charge in [0.25, 0.3) is 5.91 Å². The van der Waals surface area contributed by atoms with E-state index < -0.39 is 5.82 Å². The molecule has 1 aliphatic carbocycles. The first-order valence-electron chi connectivity index (χ1n) is 14.3. The number of amides is 1. The second-order valence-electron chi connectivity index (χ2n) is 10.5. The van der Waals surface area contributed by atoms with E-state index in [0.717, 1.165) is 30.5 Å². The molecule has 1 amide bonds. The Morgan fingerprint density at radius 2 is 2.05 bits per heavy atom. The fourth-order valence-electron chi connectivity index (χ4n) is 5.11. The third-order valence-electron chi connectivity index (χ3n) is 7.51. The second kappa shape index (κ2) is 14.0. The van der Waals surface area contributed by atoms with Gasteiger partial charge in [-0.3, -0.25) is 9.79 Å². The summed E-state index contributed by atoms with van der Waals surface area (Å²) in [6.07, 6.45) is 4.72. The number of hydrogen-bond acceptors (Lipinski definition) is 7. The minimum absolute atomic E-state index is 0.00119. The number of pyridine rings is 1. The van der Waals surface area contributed by atoms with Crippen LogP contribution in [0.25, 0.3) is 11.3 Å². The van der Waals surface area contributed by atoms with E-state index in [9.17, 15) is 9.18 Å². The van der Waals surface area contributed by atoms with Crippen molar-refractivity contribution in [2.45, 2.75) is 44.9 Å². The minimum atomic E-state index is -0.409. The van der Waals surface area contributed by atoms with E-state index in [1.807, 2.05) is 6.92 Å². The van der Waals surface area contributed by atoms with Crippen molar-refractivity contribution in [3.05, 3.63) is 69.6 Å². The number of fused-ring (bicyclic) bond motifs is 1. The average Bonchev–Trinajstić information content (AvgIpc) is 3.76. The molecule has 1 saturated carbocycles. The molecule has 0 radical (unpaired) electrons. The zero-order valence-electron chi connectivity index (χ0n) is 24.5. The number of aromatic nitrogens is 1. The van der Waals surface area contributed by atoms with Crippen LogP contribution in [0.1, 0.15) is 72.1 Å². The number of methoxy groups -OCH3 is 1. The number of nitrogen functional groups attached to an aromatic ring is 1. The Hall–Kier alpha value is -3.69. The summed E-state index contributed by atoms with van der Waals surface area (Å²) >= 11 is 6.45. The molecule has 224 valence electrons. The Labute approximate surface area is 251 Å². The number of ether oxygens (including phenoxy) is 2. The standard InChI is InChI=1S/C31H34ClFN4O3.CH5N/c1-4-9-35-14-20-10-19(11-27(39-3)28(20)34)31(38)36-15-24(18-5-6-18)26-13-23-17(2)16-40-30(23)29(37-26)22-8-7-21(33)12-25(22)32;1-2/h7-8,10-14,17-18,24H,4-6,9,15-16,34H2,1-3H3,(H,36,38);2H2,1H3. The highest BCUT2D eigenvalue weighted by Gasteiger charge is 2.36. The Balaban J connectivity index is 0.00000198. The average molecular weight is 596 g/mol. The van der Waals surface area contributed by atoms with Gasteiger partial charge in [-0.05, 0) is 68.6 Å². The zero-order chi connectivity index (χ0) is 30.4. The van der Waals surface area contributed by atoms with Gasteiger partial charge in [0.05, 0.1) is 24.4 Å². The summed E-state index contributed by atoms with van der Waals surface area (Å²) in [6, 6.07) is 9.78. The number of hydrogen-bond donors (Lipinski definition) is 3. The lowest BCUT2D eigenvalue weighted by molar-refractivity contribution is 0.0949. The third kappa shape index (κ3) is 6.85. The largest absolute Gasteiger partial charge is 0.495 e. The number of carbonyl (C=O) groups is 1. The van der Waals surface area contributed by atoms with Gasteiger partial charge in [0.15, 0.2) is 0 Å². The molecular weight excluding hydrogens is 557 g/mol. The lowest BCUT2D eigenvalue weighted by Gasteiger charge is -2.20. The van der Waals surface area contributed by atoms with Crippen LogP contribution >= 0.6 is 11.6 Å². The van der Waals surface area contributed by atoms with Crippen LogP contribution in [0.15, 0.2) is 41.4 Å². The predicted molar refractivity (Wildman–Crippen MR) is 167 cm³/mol. The van der Waals surface area contributed by atoms with Gasteiger partial charge >= 0.3 is 0 Å². The van der Waals surface area contributed by atoms with Crippen LogP contribution in [0.2, 0.25) is 5.02 Å². The number of halogens is 2. The fourth-order valence-corrected chi connectivity index (χ4v) is 5.36. The number of carbonyl (C=O) groups excluding carboxylic acids is 1. The van der Waals surface area contributed by atoms with Crippen LogP contribution in [0.3, 0.4) is 0 Å². The molecule has 2 aromatic carbocycles. The molecule has 0 saturated heterocycles. The van der Waals surface area contributed by atoms with E-state index in [2.05, 4.69) is 29.0 Å². The van der Waals surface area contributed by atoms with Gasteiger partial charge in [-0.1, -0.05) is 25.4 Å². The maximum Gasteiger partial charge on any atom is 0.251 e. The SMILES string of the molecule is CCCN=Cc1cc(C(=O)NCC(c2cc3c(c(-c4ccc(F)cc4Cl)n2)OCC3C)C2CC2)cc(OC)c1N.CN. The van der Waals surface area contributed by atoms with E-state index in [1.165, 1.54) is 26.3 Å². The van der Waals surface area contributed by atoms with Gasteiger partial charge in [-0.2, -0.15) is 0 Å². The topological polar surface area (TPSA) is 125 Å². The molecule has 2 heterocycles. The van der Waals surface area contributed by atoms with Crippen molar-refractivity contribution in [3.8, 4) is 22.8 Å². The lowest BCUT2D eigenvalue weighted by atomic mass is 9.93. The molecule has 42 heavy (non-hydrogen) atoms.